The van der Waals surface area contributed by atoms with E-state index >= 15 is 0 Å². The van der Waals surface area contributed by atoms with E-state index in [2.05, 4.69) is 21.4 Å². The van der Waals surface area contributed by atoms with E-state index in [0.717, 1.165) is 10.2 Å². The normalized spacial score (nSPS) is 11.0. The number of amides is 1. The van der Waals surface area contributed by atoms with Crippen molar-refractivity contribution in [2.24, 2.45) is 5.73 Å². The second kappa shape index (κ2) is 5.63. The first-order chi connectivity index (χ1) is 10.2. The van der Waals surface area contributed by atoms with E-state index in [-0.39, 0.29) is 5.91 Å². The smallest absolute Gasteiger partial charge is 0.277 e. The fraction of sp³-hybridized carbons (Fsp3) is 0.214. The number of fused-ring (bicyclic) bond motifs is 1. The van der Waals surface area contributed by atoms with Crippen LogP contribution in [0, 0.1) is 6.92 Å². The van der Waals surface area contributed by atoms with E-state index in [1.165, 1.54) is 16.9 Å². The molecule has 0 saturated heterocycles. The van der Waals surface area contributed by atoms with Crippen LogP contribution in [-0.4, -0.2) is 27.0 Å². The fourth-order valence-corrected chi connectivity index (χ4v) is 2.95. The zero-order valence-electron chi connectivity index (χ0n) is 11.5. The number of nitrogens with one attached hydrogen (secondary N) is 1. The molecule has 108 valence electrons. The Morgan fingerprint density at radius 3 is 3.14 bits per heavy atom. The third-order valence-corrected chi connectivity index (χ3v) is 3.95. The number of hydrogen-bond acceptors (Lipinski definition) is 5. The minimum absolute atomic E-state index is 0.262. The molecular weight excluding hydrogens is 286 g/mol. The van der Waals surface area contributed by atoms with Crippen LogP contribution in [0.5, 0.6) is 0 Å². The van der Waals surface area contributed by atoms with Gasteiger partial charge < -0.3 is 10.3 Å². The molecule has 0 aliphatic carbocycles. The summed E-state index contributed by atoms with van der Waals surface area (Å²) in [7, 11) is 0. The van der Waals surface area contributed by atoms with Crippen molar-refractivity contribution in [1.82, 2.24) is 14.5 Å². The highest BCUT2D eigenvalue weighted by Gasteiger charge is 2.12. The Balaban J connectivity index is 1.78. The van der Waals surface area contributed by atoms with Gasteiger partial charge in [0.25, 0.3) is 5.91 Å². The summed E-state index contributed by atoms with van der Waals surface area (Å²) in [6.07, 6.45) is 3.28. The zero-order valence-corrected chi connectivity index (χ0v) is 12.4. The van der Waals surface area contributed by atoms with E-state index in [1.807, 2.05) is 19.1 Å². The summed E-state index contributed by atoms with van der Waals surface area (Å²) >= 11 is 1.45. The Morgan fingerprint density at radius 1 is 1.48 bits per heavy atom. The number of carbonyl (C=O) groups excluding carboxylic acids is 1. The molecule has 0 saturated carbocycles. The highest BCUT2D eigenvalue weighted by atomic mass is 32.1. The van der Waals surface area contributed by atoms with Crippen LogP contribution in [0.4, 0.5) is 5.13 Å². The van der Waals surface area contributed by atoms with Crippen LogP contribution in [0.25, 0.3) is 10.2 Å². The van der Waals surface area contributed by atoms with Crippen LogP contribution in [0.3, 0.4) is 0 Å². The van der Waals surface area contributed by atoms with Gasteiger partial charge in [-0.25, -0.2) is 9.97 Å². The number of benzene rings is 1. The molecule has 7 heteroatoms. The third-order valence-electron chi connectivity index (χ3n) is 3.02. The Kier molecular flexibility index (Phi) is 3.68. The predicted octanol–water partition coefficient (Wildman–Crippen LogP) is 2.01. The van der Waals surface area contributed by atoms with E-state index in [4.69, 9.17) is 5.73 Å². The van der Waals surface area contributed by atoms with Gasteiger partial charge in [-0.05, 0) is 24.6 Å². The van der Waals surface area contributed by atoms with Crippen LogP contribution >= 0.6 is 11.3 Å². The lowest BCUT2D eigenvalue weighted by atomic mass is 10.2. The summed E-state index contributed by atoms with van der Waals surface area (Å²) in [6.45, 7) is 3.18. The van der Waals surface area contributed by atoms with Crippen LogP contribution in [0.2, 0.25) is 0 Å². The fourth-order valence-electron chi connectivity index (χ4n) is 2.00. The molecule has 1 amide bonds. The van der Waals surface area contributed by atoms with E-state index in [1.54, 1.807) is 17.1 Å². The maximum absolute atomic E-state index is 12.1. The van der Waals surface area contributed by atoms with Gasteiger partial charge in [0.2, 0.25) is 0 Å². The van der Waals surface area contributed by atoms with Crippen LogP contribution < -0.4 is 11.1 Å². The first kappa shape index (κ1) is 13.7. The Bertz CT molecular complexity index is 792. The van der Waals surface area contributed by atoms with Gasteiger partial charge in [0.1, 0.15) is 5.69 Å². The Morgan fingerprint density at radius 2 is 2.33 bits per heavy atom. The van der Waals surface area contributed by atoms with Gasteiger partial charge in [0, 0.05) is 19.3 Å². The molecule has 0 atom stereocenters. The lowest BCUT2D eigenvalue weighted by Crippen LogP contribution is -2.12. The molecule has 0 fully saturated rings. The molecule has 0 aliphatic rings. The predicted molar refractivity (Wildman–Crippen MR) is 83.6 cm³/mol. The molecule has 3 N–H and O–H groups in total. The number of anilines is 1. The quantitative estimate of drug-likeness (QED) is 0.772. The summed E-state index contributed by atoms with van der Waals surface area (Å²) in [5.41, 5.74) is 7.88. The Hall–Kier alpha value is -2.25. The number of nitrogens with two attached hydrogens (primary N) is 1. The lowest BCUT2D eigenvalue weighted by Gasteiger charge is -1.97. The number of carbonyl (C=O) groups is 1. The van der Waals surface area contributed by atoms with Crippen LogP contribution in [-0.2, 0) is 6.54 Å². The molecule has 2 heterocycles. The summed E-state index contributed by atoms with van der Waals surface area (Å²) in [4.78, 5) is 20.6. The summed E-state index contributed by atoms with van der Waals surface area (Å²) in [6, 6.07) is 6.01. The van der Waals surface area contributed by atoms with E-state index < -0.39 is 0 Å². The second-order valence-corrected chi connectivity index (χ2v) is 5.76. The van der Waals surface area contributed by atoms with E-state index in [0.29, 0.717) is 23.9 Å². The first-order valence-corrected chi connectivity index (χ1v) is 7.38. The number of imidazole rings is 1. The standard InChI is InChI=1S/C14H15N5OS/c1-9-2-3-10-12(6-9)21-14(17-10)18-13(20)11-7-19(5-4-15)8-16-11/h2-3,6-8H,4-5,15H2,1H3,(H,17,18,20). The summed E-state index contributed by atoms with van der Waals surface area (Å²) < 4.78 is 2.84. The van der Waals surface area contributed by atoms with Crippen LogP contribution in [0.1, 0.15) is 16.1 Å². The number of nitrogens with zero attached hydrogens (tertiary/aromatic N) is 3. The number of aromatic nitrogens is 3. The number of aryl methyl sites for hydroxylation is 1. The molecule has 3 rings (SSSR count). The Labute approximate surface area is 125 Å². The molecule has 21 heavy (non-hydrogen) atoms. The molecule has 0 aliphatic heterocycles. The van der Waals surface area contributed by atoms with Crippen molar-refractivity contribution in [2.75, 3.05) is 11.9 Å². The molecule has 6 nitrogen and oxygen atoms in total. The summed E-state index contributed by atoms with van der Waals surface area (Å²) in [5.74, 6) is -0.262. The van der Waals surface area contributed by atoms with Crippen molar-refractivity contribution in [3.05, 3.63) is 42.0 Å². The largest absolute Gasteiger partial charge is 0.335 e. The van der Waals surface area contributed by atoms with Crippen molar-refractivity contribution in [2.45, 2.75) is 13.5 Å². The molecule has 1 aromatic carbocycles. The SMILES string of the molecule is Cc1ccc2nc(NC(=O)c3cn(CCN)cn3)sc2c1. The summed E-state index contributed by atoms with van der Waals surface area (Å²) in [5, 5.41) is 3.36. The molecular formula is C14H15N5OS. The molecule has 0 radical (unpaired) electrons. The maximum atomic E-state index is 12.1. The molecule has 0 bridgehead atoms. The average Bonchev–Trinajstić information content (AvgIpc) is 3.05. The molecule has 3 aromatic rings. The average molecular weight is 301 g/mol. The maximum Gasteiger partial charge on any atom is 0.277 e. The van der Waals surface area contributed by atoms with Gasteiger partial charge in [-0.3, -0.25) is 10.1 Å². The van der Waals surface area contributed by atoms with E-state index in [9.17, 15) is 4.79 Å². The van der Waals surface area contributed by atoms with Crippen molar-refractivity contribution >= 4 is 32.6 Å². The topological polar surface area (TPSA) is 85.8 Å². The highest BCUT2D eigenvalue weighted by molar-refractivity contribution is 7.22. The number of hydrogen-bond donors (Lipinski definition) is 2. The third kappa shape index (κ3) is 2.93. The van der Waals surface area contributed by atoms with Crippen molar-refractivity contribution in [3.63, 3.8) is 0 Å². The van der Waals surface area contributed by atoms with Gasteiger partial charge in [0.05, 0.1) is 16.5 Å². The van der Waals surface area contributed by atoms with Gasteiger partial charge in [0.15, 0.2) is 5.13 Å². The second-order valence-electron chi connectivity index (χ2n) is 4.73. The molecule has 0 unspecified atom stereocenters. The minimum Gasteiger partial charge on any atom is -0.335 e. The van der Waals surface area contributed by atoms with Crippen molar-refractivity contribution in [3.8, 4) is 0 Å². The van der Waals surface area contributed by atoms with Gasteiger partial charge in [-0.15, -0.1) is 0 Å². The minimum atomic E-state index is -0.262. The van der Waals surface area contributed by atoms with Crippen molar-refractivity contribution in [1.29, 1.82) is 0 Å². The van der Waals surface area contributed by atoms with Gasteiger partial charge in [-0.1, -0.05) is 17.4 Å². The molecule has 2 aromatic heterocycles. The number of rotatable bonds is 4. The zero-order chi connectivity index (χ0) is 14.8. The lowest BCUT2D eigenvalue weighted by molar-refractivity contribution is 0.102. The van der Waals surface area contributed by atoms with Gasteiger partial charge >= 0.3 is 0 Å². The van der Waals surface area contributed by atoms with Crippen molar-refractivity contribution < 1.29 is 4.79 Å². The van der Waals surface area contributed by atoms with Crippen LogP contribution in [0.15, 0.2) is 30.7 Å². The molecule has 0 spiro atoms. The highest BCUT2D eigenvalue weighted by Crippen LogP contribution is 2.26. The first-order valence-electron chi connectivity index (χ1n) is 6.56. The monoisotopic (exact) mass is 301 g/mol. The number of thiazole rings is 1. The van der Waals surface area contributed by atoms with Gasteiger partial charge in [-0.2, -0.15) is 0 Å².